The lowest BCUT2D eigenvalue weighted by Gasteiger charge is -2.18. The predicted octanol–water partition coefficient (Wildman–Crippen LogP) is 6.17. The summed E-state index contributed by atoms with van der Waals surface area (Å²) in [6, 6.07) is 32.1. The van der Waals surface area contributed by atoms with Crippen LogP contribution in [0, 0.1) is 5.92 Å². The summed E-state index contributed by atoms with van der Waals surface area (Å²) in [5, 5.41) is 4.15. The van der Waals surface area contributed by atoms with E-state index < -0.39 is 0 Å². The minimum Gasteiger partial charge on any atom is -0.455 e. The Hall–Kier alpha value is -3.44. The SMILES string of the molecule is O=C(N/N=C\c1ccc(-c2ccc(Br)cc2)o1)[C@H]1CC1(c1ccccc1)c1ccccc1. The Morgan fingerprint density at radius 3 is 2.16 bits per heavy atom. The number of benzene rings is 3. The molecule has 1 aromatic heterocycles. The maximum absolute atomic E-state index is 13.0. The van der Waals surface area contributed by atoms with Gasteiger partial charge in [0.1, 0.15) is 11.5 Å². The number of furan rings is 1. The fourth-order valence-electron chi connectivity index (χ4n) is 4.28. The summed E-state index contributed by atoms with van der Waals surface area (Å²) in [6.45, 7) is 0. The minimum atomic E-state index is -0.304. The van der Waals surface area contributed by atoms with Gasteiger partial charge in [0, 0.05) is 15.5 Å². The van der Waals surface area contributed by atoms with Gasteiger partial charge < -0.3 is 4.42 Å². The first-order chi connectivity index (χ1) is 15.7. The highest BCUT2D eigenvalue weighted by atomic mass is 79.9. The second-order valence-electron chi connectivity index (χ2n) is 7.90. The van der Waals surface area contributed by atoms with Crippen molar-refractivity contribution in [2.24, 2.45) is 11.0 Å². The average Bonchev–Trinajstić information content (AvgIpc) is 3.44. The van der Waals surface area contributed by atoms with E-state index in [1.165, 1.54) is 6.21 Å². The van der Waals surface area contributed by atoms with Crippen LogP contribution in [0.3, 0.4) is 0 Å². The number of hydrazone groups is 1. The van der Waals surface area contributed by atoms with Gasteiger partial charge in [0.25, 0.3) is 0 Å². The molecule has 1 heterocycles. The average molecular weight is 485 g/mol. The lowest BCUT2D eigenvalue weighted by atomic mass is 9.85. The molecule has 32 heavy (non-hydrogen) atoms. The molecule has 0 aliphatic heterocycles. The smallest absolute Gasteiger partial charge is 0.244 e. The Bertz CT molecular complexity index is 1210. The van der Waals surface area contributed by atoms with Crippen LogP contribution in [0.5, 0.6) is 0 Å². The monoisotopic (exact) mass is 484 g/mol. The third kappa shape index (κ3) is 3.92. The third-order valence-electron chi connectivity index (χ3n) is 5.98. The number of halogens is 1. The van der Waals surface area contributed by atoms with Crippen molar-refractivity contribution in [3.8, 4) is 11.3 Å². The summed E-state index contributed by atoms with van der Waals surface area (Å²) in [4.78, 5) is 13.0. The maximum atomic E-state index is 13.0. The standard InChI is InChI=1S/C27H21BrN2O2/c28-22-13-11-19(12-14-22)25-16-15-23(32-25)18-29-30-26(31)24-17-27(24,20-7-3-1-4-8-20)21-9-5-2-6-10-21/h1-16,18,24H,17H2,(H,30,31)/b29-18-/t24-/m1/s1. The van der Waals surface area contributed by atoms with Crippen molar-refractivity contribution < 1.29 is 9.21 Å². The fraction of sp³-hybridized carbons (Fsp3) is 0.111. The van der Waals surface area contributed by atoms with Crippen molar-refractivity contribution in [2.75, 3.05) is 0 Å². The summed E-state index contributed by atoms with van der Waals surface area (Å²) < 4.78 is 6.84. The lowest BCUT2D eigenvalue weighted by molar-refractivity contribution is -0.122. The Balaban J connectivity index is 1.29. The largest absolute Gasteiger partial charge is 0.455 e. The van der Waals surface area contributed by atoms with Crippen LogP contribution < -0.4 is 5.43 Å². The van der Waals surface area contributed by atoms with Crippen LogP contribution in [-0.4, -0.2) is 12.1 Å². The van der Waals surface area contributed by atoms with Crippen LogP contribution >= 0.6 is 15.9 Å². The topological polar surface area (TPSA) is 54.6 Å². The van der Waals surface area contributed by atoms with Crippen LogP contribution in [0.2, 0.25) is 0 Å². The van der Waals surface area contributed by atoms with Gasteiger partial charge in [-0.25, -0.2) is 5.43 Å². The van der Waals surface area contributed by atoms with Gasteiger partial charge in [0.15, 0.2) is 0 Å². The molecule has 1 aliphatic rings. The zero-order valence-electron chi connectivity index (χ0n) is 17.2. The summed E-state index contributed by atoms with van der Waals surface area (Å²) >= 11 is 3.43. The number of amides is 1. The first-order valence-corrected chi connectivity index (χ1v) is 11.3. The second kappa shape index (κ2) is 8.60. The molecule has 4 nitrogen and oxygen atoms in total. The van der Waals surface area contributed by atoms with Crippen molar-refractivity contribution in [3.63, 3.8) is 0 Å². The molecule has 4 aromatic rings. The normalized spacial score (nSPS) is 16.7. The van der Waals surface area contributed by atoms with E-state index in [-0.39, 0.29) is 17.2 Å². The summed E-state index contributed by atoms with van der Waals surface area (Å²) in [6.07, 6.45) is 2.30. The Kier molecular flexibility index (Phi) is 5.50. The number of nitrogens with zero attached hydrogens (tertiary/aromatic N) is 1. The van der Waals surface area contributed by atoms with Gasteiger partial charge in [-0.2, -0.15) is 5.10 Å². The lowest BCUT2D eigenvalue weighted by Crippen LogP contribution is -2.25. The quantitative estimate of drug-likeness (QED) is 0.263. The number of carbonyl (C=O) groups excluding carboxylic acids is 1. The second-order valence-corrected chi connectivity index (χ2v) is 8.82. The Morgan fingerprint density at radius 1 is 0.906 bits per heavy atom. The number of carbonyl (C=O) groups is 1. The van der Waals surface area contributed by atoms with E-state index in [9.17, 15) is 4.79 Å². The highest BCUT2D eigenvalue weighted by Gasteiger charge is 2.60. The van der Waals surface area contributed by atoms with Gasteiger partial charge in [0.05, 0.1) is 12.1 Å². The van der Waals surface area contributed by atoms with Gasteiger partial charge in [0.2, 0.25) is 5.91 Å². The van der Waals surface area contributed by atoms with Crippen LogP contribution in [0.15, 0.2) is 111 Å². The van der Waals surface area contributed by atoms with Crippen LogP contribution in [0.4, 0.5) is 0 Å². The van der Waals surface area contributed by atoms with E-state index in [1.807, 2.05) is 72.8 Å². The molecule has 1 saturated carbocycles. The molecule has 0 spiro atoms. The molecule has 1 N–H and O–H groups in total. The molecule has 1 amide bonds. The molecule has 0 radical (unpaired) electrons. The van der Waals surface area contributed by atoms with E-state index >= 15 is 0 Å². The molecule has 1 aliphatic carbocycles. The van der Waals surface area contributed by atoms with Crippen molar-refractivity contribution in [1.29, 1.82) is 0 Å². The van der Waals surface area contributed by atoms with E-state index in [0.717, 1.165) is 33.3 Å². The number of nitrogens with one attached hydrogen (secondary N) is 1. The van der Waals surface area contributed by atoms with Crippen molar-refractivity contribution in [2.45, 2.75) is 11.8 Å². The van der Waals surface area contributed by atoms with E-state index in [0.29, 0.717) is 5.76 Å². The summed E-state index contributed by atoms with van der Waals surface area (Å²) in [7, 11) is 0. The van der Waals surface area contributed by atoms with Crippen LogP contribution in [0.25, 0.3) is 11.3 Å². The molecule has 0 unspecified atom stereocenters. The van der Waals surface area contributed by atoms with Gasteiger partial charge in [-0.15, -0.1) is 0 Å². The van der Waals surface area contributed by atoms with Gasteiger partial charge in [-0.1, -0.05) is 88.7 Å². The Labute approximate surface area is 195 Å². The highest BCUT2D eigenvalue weighted by molar-refractivity contribution is 9.10. The zero-order chi connectivity index (χ0) is 22.0. The fourth-order valence-corrected chi connectivity index (χ4v) is 4.55. The van der Waals surface area contributed by atoms with E-state index in [1.54, 1.807) is 0 Å². The number of hydrogen-bond donors (Lipinski definition) is 1. The Morgan fingerprint density at radius 2 is 1.53 bits per heavy atom. The van der Waals surface area contributed by atoms with Crippen LogP contribution in [0.1, 0.15) is 23.3 Å². The zero-order valence-corrected chi connectivity index (χ0v) is 18.8. The van der Waals surface area contributed by atoms with Gasteiger partial charge in [-0.05, 0) is 41.8 Å². The van der Waals surface area contributed by atoms with Crippen molar-refractivity contribution >= 4 is 28.1 Å². The maximum Gasteiger partial charge on any atom is 0.244 e. The van der Waals surface area contributed by atoms with Crippen molar-refractivity contribution in [3.05, 3.63) is 118 Å². The highest BCUT2D eigenvalue weighted by Crippen LogP contribution is 2.58. The third-order valence-corrected chi connectivity index (χ3v) is 6.51. The molecular weight excluding hydrogens is 464 g/mol. The molecule has 1 atom stereocenters. The molecular formula is C27H21BrN2O2. The van der Waals surface area contributed by atoms with Crippen LogP contribution in [-0.2, 0) is 10.2 Å². The van der Waals surface area contributed by atoms with E-state index in [2.05, 4.69) is 50.7 Å². The molecule has 1 fully saturated rings. The summed E-state index contributed by atoms with van der Waals surface area (Å²) in [5.41, 5.74) is 5.69. The number of hydrogen-bond acceptors (Lipinski definition) is 3. The van der Waals surface area contributed by atoms with Gasteiger partial charge in [-0.3, -0.25) is 4.79 Å². The first-order valence-electron chi connectivity index (χ1n) is 10.5. The van der Waals surface area contributed by atoms with E-state index in [4.69, 9.17) is 4.42 Å². The molecule has 5 rings (SSSR count). The molecule has 0 saturated heterocycles. The molecule has 5 heteroatoms. The number of rotatable bonds is 6. The minimum absolute atomic E-state index is 0.0892. The predicted molar refractivity (Wildman–Crippen MR) is 129 cm³/mol. The first kappa shape index (κ1) is 20.5. The summed E-state index contributed by atoms with van der Waals surface area (Å²) in [5.74, 6) is 1.07. The van der Waals surface area contributed by atoms with Crippen molar-refractivity contribution in [1.82, 2.24) is 5.43 Å². The molecule has 158 valence electrons. The molecule has 3 aromatic carbocycles. The molecule has 0 bridgehead atoms. The van der Waals surface area contributed by atoms with Gasteiger partial charge >= 0.3 is 0 Å².